The van der Waals surface area contributed by atoms with Crippen molar-refractivity contribution in [3.63, 3.8) is 0 Å². The third kappa shape index (κ3) is 3.26. The number of hydrogen-bond acceptors (Lipinski definition) is 4. The molecular formula is C21H26FN3O. The smallest absolute Gasteiger partial charge is 0.130 e. The molecule has 2 aliphatic rings. The maximum absolute atomic E-state index is 13.2. The molecule has 1 aromatic carbocycles. The zero-order chi connectivity index (χ0) is 18.3. The molecule has 2 fully saturated rings. The molecule has 0 radical (unpaired) electrons. The van der Waals surface area contributed by atoms with Crippen molar-refractivity contribution in [3.05, 3.63) is 59.4 Å². The van der Waals surface area contributed by atoms with E-state index < -0.39 is 5.60 Å². The summed E-state index contributed by atoms with van der Waals surface area (Å²) in [5.41, 5.74) is 1.10. The second-order valence-corrected chi connectivity index (χ2v) is 8.11. The summed E-state index contributed by atoms with van der Waals surface area (Å²) in [7, 11) is 0. The fourth-order valence-electron chi connectivity index (χ4n) is 4.53. The van der Waals surface area contributed by atoms with Crippen molar-refractivity contribution >= 4 is 0 Å². The highest BCUT2D eigenvalue weighted by molar-refractivity contribution is 5.26. The molecule has 0 amide bonds. The molecule has 2 atom stereocenters. The van der Waals surface area contributed by atoms with Crippen molar-refractivity contribution in [2.24, 2.45) is 0 Å². The highest BCUT2D eigenvalue weighted by Crippen LogP contribution is 2.46. The quantitative estimate of drug-likeness (QED) is 0.907. The van der Waals surface area contributed by atoms with Gasteiger partial charge in [-0.2, -0.15) is 0 Å². The second kappa shape index (κ2) is 6.71. The number of fused-ring (bicyclic) bond motifs is 2. The molecule has 0 spiro atoms. The minimum absolute atomic E-state index is 0.261. The van der Waals surface area contributed by atoms with Gasteiger partial charge in [-0.05, 0) is 43.4 Å². The monoisotopic (exact) mass is 355 g/mol. The summed E-state index contributed by atoms with van der Waals surface area (Å²) in [6.45, 7) is 5.01. The fourth-order valence-corrected chi connectivity index (χ4v) is 4.53. The molecule has 2 aromatic rings. The molecule has 0 aliphatic carbocycles. The Kier molecular flexibility index (Phi) is 4.53. The number of rotatable bonds is 4. The normalized spacial score (nSPS) is 28.7. The topological polar surface area (TPSA) is 49.2 Å². The molecule has 4 nitrogen and oxygen atoms in total. The van der Waals surface area contributed by atoms with Crippen LogP contribution in [0.2, 0.25) is 0 Å². The van der Waals surface area contributed by atoms with Gasteiger partial charge in [-0.1, -0.05) is 26.0 Å². The first kappa shape index (κ1) is 17.6. The van der Waals surface area contributed by atoms with Gasteiger partial charge in [-0.3, -0.25) is 4.90 Å². The maximum atomic E-state index is 13.2. The number of hydrogen-bond donors (Lipinski definition) is 1. The molecule has 2 aliphatic heterocycles. The first-order valence-corrected chi connectivity index (χ1v) is 9.49. The predicted molar refractivity (Wildman–Crippen MR) is 98.0 cm³/mol. The van der Waals surface area contributed by atoms with Crippen LogP contribution in [0.1, 0.15) is 62.4 Å². The Labute approximate surface area is 154 Å². The lowest BCUT2D eigenvalue weighted by atomic mass is 9.80. The van der Waals surface area contributed by atoms with E-state index in [2.05, 4.69) is 28.7 Å². The molecule has 26 heavy (non-hydrogen) atoms. The first-order valence-electron chi connectivity index (χ1n) is 9.49. The number of nitrogens with zero attached hydrogens (tertiary/aromatic N) is 3. The summed E-state index contributed by atoms with van der Waals surface area (Å²) in [4.78, 5) is 11.4. The largest absolute Gasteiger partial charge is 0.385 e. The maximum Gasteiger partial charge on any atom is 0.130 e. The van der Waals surface area contributed by atoms with Crippen LogP contribution in [-0.2, 0) is 12.1 Å². The van der Waals surface area contributed by atoms with Crippen molar-refractivity contribution in [2.75, 3.05) is 0 Å². The average molecular weight is 355 g/mol. The zero-order valence-electron chi connectivity index (χ0n) is 15.4. The van der Waals surface area contributed by atoms with Crippen LogP contribution in [0.15, 0.2) is 36.7 Å². The van der Waals surface area contributed by atoms with E-state index in [1.54, 1.807) is 12.1 Å². The predicted octanol–water partition coefficient (Wildman–Crippen LogP) is 3.75. The van der Waals surface area contributed by atoms with Crippen molar-refractivity contribution in [3.8, 4) is 0 Å². The number of piperidine rings is 1. The molecule has 2 bridgehead atoms. The van der Waals surface area contributed by atoms with Gasteiger partial charge in [0.1, 0.15) is 11.6 Å². The van der Waals surface area contributed by atoms with Crippen LogP contribution < -0.4 is 0 Å². The van der Waals surface area contributed by atoms with Gasteiger partial charge in [-0.15, -0.1) is 0 Å². The minimum atomic E-state index is -0.853. The standard InChI is InChI=1S/C21H26FN3O/c1-14(2)20-23-11-15(12-24-20)13-25-18-7-8-19(25)10-21(26,9-18)16-3-5-17(22)6-4-16/h3-6,11-12,14,18-19,26H,7-10,13H2,1-2H3/t18-,19-/m0/s1. The van der Waals surface area contributed by atoms with E-state index in [9.17, 15) is 9.50 Å². The highest BCUT2D eigenvalue weighted by Gasteiger charge is 2.48. The van der Waals surface area contributed by atoms with E-state index in [4.69, 9.17) is 0 Å². The van der Waals surface area contributed by atoms with Gasteiger partial charge in [0.25, 0.3) is 0 Å². The van der Waals surface area contributed by atoms with Crippen LogP contribution >= 0.6 is 0 Å². The summed E-state index contributed by atoms with van der Waals surface area (Å²) >= 11 is 0. The number of aromatic nitrogens is 2. The van der Waals surface area contributed by atoms with Crippen LogP contribution in [0.3, 0.4) is 0 Å². The van der Waals surface area contributed by atoms with Crippen LogP contribution in [0, 0.1) is 5.82 Å². The van der Waals surface area contributed by atoms with Gasteiger partial charge in [0.05, 0.1) is 5.60 Å². The Balaban J connectivity index is 1.49. The van der Waals surface area contributed by atoms with Gasteiger partial charge in [-0.25, -0.2) is 14.4 Å². The molecule has 0 saturated carbocycles. The lowest BCUT2D eigenvalue weighted by Gasteiger charge is -2.44. The van der Waals surface area contributed by atoms with Gasteiger partial charge in [0.15, 0.2) is 0 Å². The second-order valence-electron chi connectivity index (χ2n) is 8.11. The van der Waals surface area contributed by atoms with E-state index in [1.165, 1.54) is 12.1 Å². The Hall–Kier alpha value is -1.85. The lowest BCUT2D eigenvalue weighted by Crippen LogP contribution is -2.49. The molecule has 4 rings (SSSR count). The Morgan fingerprint density at radius 1 is 1.12 bits per heavy atom. The van der Waals surface area contributed by atoms with Crippen LogP contribution in [-0.4, -0.2) is 32.1 Å². The molecular weight excluding hydrogens is 329 g/mol. The molecule has 2 saturated heterocycles. The number of benzene rings is 1. The zero-order valence-corrected chi connectivity index (χ0v) is 15.4. The average Bonchev–Trinajstić information content (AvgIpc) is 2.86. The lowest BCUT2D eigenvalue weighted by molar-refractivity contribution is -0.0595. The molecule has 5 heteroatoms. The fraction of sp³-hybridized carbons (Fsp3) is 0.524. The summed E-state index contributed by atoms with van der Waals surface area (Å²) in [5.74, 6) is 0.949. The summed E-state index contributed by atoms with van der Waals surface area (Å²) in [6.07, 6.45) is 7.45. The molecule has 3 heterocycles. The SMILES string of the molecule is CC(C)c1ncc(CN2[C@H]3CC[C@H]2CC(O)(c2ccc(F)cc2)C3)cn1. The Morgan fingerprint density at radius 2 is 1.69 bits per heavy atom. The van der Waals surface area contributed by atoms with E-state index in [0.29, 0.717) is 30.8 Å². The van der Waals surface area contributed by atoms with Gasteiger partial charge < -0.3 is 5.11 Å². The van der Waals surface area contributed by atoms with Crippen LogP contribution in [0.25, 0.3) is 0 Å². The molecule has 0 unspecified atom stereocenters. The van der Waals surface area contributed by atoms with E-state index >= 15 is 0 Å². The van der Waals surface area contributed by atoms with Gasteiger partial charge in [0.2, 0.25) is 0 Å². The van der Waals surface area contributed by atoms with E-state index in [-0.39, 0.29) is 5.82 Å². The molecule has 138 valence electrons. The molecule has 1 N–H and O–H groups in total. The van der Waals surface area contributed by atoms with E-state index in [1.807, 2.05) is 12.4 Å². The molecule has 1 aromatic heterocycles. The van der Waals surface area contributed by atoms with E-state index in [0.717, 1.165) is 36.3 Å². The Bertz CT molecular complexity index is 746. The minimum Gasteiger partial charge on any atom is -0.385 e. The van der Waals surface area contributed by atoms with Gasteiger partial charge in [0, 0.05) is 42.5 Å². The van der Waals surface area contributed by atoms with Gasteiger partial charge >= 0.3 is 0 Å². The summed E-state index contributed by atoms with van der Waals surface area (Å²) < 4.78 is 13.2. The van der Waals surface area contributed by atoms with Crippen LogP contribution in [0.5, 0.6) is 0 Å². The Morgan fingerprint density at radius 3 is 2.23 bits per heavy atom. The van der Waals surface area contributed by atoms with Crippen molar-refractivity contribution in [2.45, 2.75) is 69.7 Å². The third-order valence-electron chi connectivity index (χ3n) is 5.91. The first-order chi connectivity index (χ1) is 12.4. The number of halogens is 1. The van der Waals surface area contributed by atoms with Crippen molar-refractivity contribution in [1.29, 1.82) is 0 Å². The third-order valence-corrected chi connectivity index (χ3v) is 5.91. The number of aliphatic hydroxyl groups is 1. The van der Waals surface area contributed by atoms with Crippen LogP contribution in [0.4, 0.5) is 4.39 Å². The van der Waals surface area contributed by atoms with Crippen molar-refractivity contribution in [1.82, 2.24) is 14.9 Å². The summed E-state index contributed by atoms with van der Waals surface area (Å²) in [5, 5.41) is 11.2. The van der Waals surface area contributed by atoms with Crippen molar-refractivity contribution < 1.29 is 9.50 Å². The summed E-state index contributed by atoms with van der Waals surface area (Å²) in [6, 6.07) is 7.01. The highest BCUT2D eigenvalue weighted by atomic mass is 19.1.